The second kappa shape index (κ2) is 8.44. The third kappa shape index (κ3) is 5.32. The Labute approximate surface area is 120 Å². The normalized spacial score (nSPS) is 10.9. The van der Waals surface area contributed by atoms with E-state index in [1.807, 2.05) is 25.1 Å². The van der Waals surface area contributed by atoms with Gasteiger partial charge in [0.05, 0.1) is 0 Å². The number of benzene rings is 1. The van der Waals surface area contributed by atoms with Gasteiger partial charge in [-0.25, -0.2) is 0 Å². The first-order chi connectivity index (χ1) is 9.65. The van der Waals surface area contributed by atoms with E-state index in [1.54, 1.807) is 43.6 Å². The molecule has 2 heteroatoms. The van der Waals surface area contributed by atoms with Crippen molar-refractivity contribution < 1.29 is 4.79 Å². The lowest BCUT2D eigenvalue weighted by atomic mass is 10.0. The summed E-state index contributed by atoms with van der Waals surface area (Å²) in [5.41, 5.74) is 2.59. The van der Waals surface area contributed by atoms with Gasteiger partial charge in [-0.3, -0.25) is 9.79 Å². The number of rotatable bonds is 4. The van der Waals surface area contributed by atoms with Gasteiger partial charge < -0.3 is 0 Å². The number of carbonyl (C=O) groups excluding carboxylic acids is 1. The van der Waals surface area contributed by atoms with Gasteiger partial charge in [0.1, 0.15) is 0 Å². The van der Waals surface area contributed by atoms with Crippen LogP contribution in [0.4, 0.5) is 0 Å². The minimum absolute atomic E-state index is 0.0437. The Bertz CT molecular complexity index is 637. The third-order valence-electron chi connectivity index (χ3n) is 2.51. The Kier molecular flexibility index (Phi) is 6.50. The molecule has 1 aromatic rings. The topological polar surface area (TPSA) is 29.4 Å². The van der Waals surface area contributed by atoms with Crippen LogP contribution in [0.5, 0.6) is 0 Å². The quantitative estimate of drug-likeness (QED) is 0.351. The Hall–Kier alpha value is -2.66. The lowest BCUT2D eigenvalue weighted by molar-refractivity contribution is 0.101. The van der Waals surface area contributed by atoms with E-state index in [2.05, 4.69) is 23.4 Å². The molecule has 0 aliphatic heterocycles. The first kappa shape index (κ1) is 15.4. The van der Waals surface area contributed by atoms with Crippen LogP contribution in [0.25, 0.3) is 0 Å². The van der Waals surface area contributed by atoms with Crippen molar-refractivity contribution in [1.29, 1.82) is 0 Å². The molecule has 20 heavy (non-hydrogen) atoms. The fraction of sp³-hybridized carbons (Fsp3) is 0.111. The molecule has 100 valence electrons. The minimum Gasteiger partial charge on any atom is -0.295 e. The second-order valence-electron chi connectivity index (χ2n) is 4.09. The molecule has 0 amide bonds. The molecule has 0 spiro atoms. The van der Waals surface area contributed by atoms with Crippen molar-refractivity contribution in [1.82, 2.24) is 0 Å². The van der Waals surface area contributed by atoms with Crippen LogP contribution in [0.15, 0.2) is 60.3 Å². The predicted octanol–water partition coefficient (Wildman–Crippen LogP) is 3.88. The van der Waals surface area contributed by atoms with Crippen molar-refractivity contribution in [2.45, 2.75) is 13.8 Å². The number of ketones is 1. The molecule has 0 radical (unpaired) electrons. The minimum atomic E-state index is 0.0437. The van der Waals surface area contributed by atoms with Crippen molar-refractivity contribution in [3.8, 4) is 11.8 Å². The van der Waals surface area contributed by atoms with Gasteiger partial charge in [0.25, 0.3) is 0 Å². The smallest absolute Gasteiger partial charge is 0.159 e. The van der Waals surface area contributed by atoms with Gasteiger partial charge in [0, 0.05) is 29.6 Å². The Balaban J connectivity index is 2.77. The molecule has 0 saturated carbocycles. The third-order valence-corrected chi connectivity index (χ3v) is 2.51. The lowest BCUT2D eigenvalue weighted by Crippen LogP contribution is -1.93. The van der Waals surface area contributed by atoms with Crippen molar-refractivity contribution in [3.63, 3.8) is 0 Å². The maximum Gasteiger partial charge on any atom is 0.159 e. The van der Waals surface area contributed by atoms with Crippen LogP contribution < -0.4 is 0 Å². The molecule has 0 heterocycles. The van der Waals surface area contributed by atoms with E-state index in [9.17, 15) is 4.79 Å². The van der Waals surface area contributed by atoms with E-state index in [1.165, 1.54) is 0 Å². The van der Waals surface area contributed by atoms with Crippen LogP contribution in [0.3, 0.4) is 0 Å². The van der Waals surface area contributed by atoms with Crippen molar-refractivity contribution in [2.75, 3.05) is 0 Å². The van der Waals surface area contributed by atoms with Crippen LogP contribution >= 0.6 is 0 Å². The predicted molar refractivity (Wildman–Crippen MR) is 85.0 cm³/mol. The zero-order chi connectivity index (χ0) is 14.8. The number of Topliss-reactive ketones (excluding diaryl/α,β-unsaturated/α-hetero) is 1. The lowest BCUT2D eigenvalue weighted by Gasteiger charge is -2.00. The first-order valence-corrected chi connectivity index (χ1v) is 6.24. The second-order valence-corrected chi connectivity index (χ2v) is 4.09. The van der Waals surface area contributed by atoms with E-state index in [4.69, 9.17) is 0 Å². The summed E-state index contributed by atoms with van der Waals surface area (Å²) in [4.78, 5) is 15.3. The molecule has 0 aliphatic carbocycles. The number of hydrogen-bond donors (Lipinski definition) is 0. The summed E-state index contributed by atoms with van der Waals surface area (Å²) < 4.78 is 0. The molecule has 0 saturated heterocycles. The van der Waals surface area contributed by atoms with Crippen molar-refractivity contribution in [3.05, 3.63) is 72.0 Å². The largest absolute Gasteiger partial charge is 0.295 e. The standard InChI is InChI=1S/C18H17NO/c1-4-5-7-12-19-13-8-6-9-17-14-18(16(3)20)11-10-15(17)2/h4-5,7-8,10-14H,1H2,2-3H3/b7-5-,13-8?,19-12?. The molecule has 1 aromatic carbocycles. The number of aryl methyl sites for hydroxylation is 1. The highest BCUT2D eigenvalue weighted by Gasteiger charge is 2.01. The van der Waals surface area contributed by atoms with Crippen LogP contribution in [0.1, 0.15) is 28.4 Å². The van der Waals surface area contributed by atoms with Crippen LogP contribution in [-0.2, 0) is 0 Å². The summed E-state index contributed by atoms with van der Waals surface area (Å²) in [5.74, 6) is 5.96. The summed E-state index contributed by atoms with van der Waals surface area (Å²) >= 11 is 0. The maximum absolute atomic E-state index is 11.3. The molecule has 0 fully saturated rings. The van der Waals surface area contributed by atoms with Crippen LogP contribution in [0, 0.1) is 18.8 Å². The highest BCUT2D eigenvalue weighted by atomic mass is 16.1. The van der Waals surface area contributed by atoms with Crippen LogP contribution in [0.2, 0.25) is 0 Å². The summed E-state index contributed by atoms with van der Waals surface area (Å²) in [7, 11) is 0. The van der Waals surface area contributed by atoms with Gasteiger partial charge in [-0.05, 0) is 31.6 Å². The van der Waals surface area contributed by atoms with Gasteiger partial charge in [0.2, 0.25) is 0 Å². The van der Waals surface area contributed by atoms with E-state index in [0.717, 1.165) is 11.1 Å². The van der Waals surface area contributed by atoms with E-state index in [-0.39, 0.29) is 5.78 Å². The van der Waals surface area contributed by atoms with Gasteiger partial charge in [-0.1, -0.05) is 42.7 Å². The number of carbonyl (C=O) groups is 1. The molecule has 2 nitrogen and oxygen atoms in total. The van der Waals surface area contributed by atoms with Crippen molar-refractivity contribution >= 4 is 12.0 Å². The van der Waals surface area contributed by atoms with E-state index >= 15 is 0 Å². The van der Waals surface area contributed by atoms with Gasteiger partial charge in [-0.15, -0.1) is 0 Å². The highest BCUT2D eigenvalue weighted by Crippen LogP contribution is 2.10. The molecule has 1 rings (SSSR count). The summed E-state index contributed by atoms with van der Waals surface area (Å²) in [5, 5.41) is 0. The van der Waals surface area contributed by atoms with Gasteiger partial charge in [-0.2, -0.15) is 0 Å². The van der Waals surface area contributed by atoms with Crippen molar-refractivity contribution in [2.24, 2.45) is 4.99 Å². The zero-order valence-electron chi connectivity index (χ0n) is 11.8. The molecule has 0 atom stereocenters. The molecule has 0 aromatic heterocycles. The zero-order valence-corrected chi connectivity index (χ0v) is 11.8. The molecule has 0 N–H and O–H groups in total. The fourth-order valence-electron chi connectivity index (χ4n) is 1.40. The average molecular weight is 263 g/mol. The summed E-state index contributed by atoms with van der Waals surface area (Å²) in [6, 6.07) is 5.53. The Morgan fingerprint density at radius 2 is 2.15 bits per heavy atom. The summed E-state index contributed by atoms with van der Waals surface area (Å²) in [6.45, 7) is 7.07. The van der Waals surface area contributed by atoms with Gasteiger partial charge >= 0.3 is 0 Å². The monoisotopic (exact) mass is 263 g/mol. The SMILES string of the molecule is C=C/C=C\C=NC=CC#Cc1cc(C(C)=O)ccc1C. The van der Waals surface area contributed by atoms with Crippen LogP contribution in [-0.4, -0.2) is 12.0 Å². The molecular formula is C18H17NO. The number of aliphatic imine (C=N–C) groups is 1. The summed E-state index contributed by atoms with van der Waals surface area (Å²) in [6.07, 6.45) is 10.2. The fourth-order valence-corrected chi connectivity index (χ4v) is 1.40. The highest BCUT2D eigenvalue weighted by molar-refractivity contribution is 5.94. The molecule has 0 unspecified atom stereocenters. The van der Waals surface area contributed by atoms with E-state index < -0.39 is 0 Å². The Morgan fingerprint density at radius 1 is 1.35 bits per heavy atom. The molecular weight excluding hydrogens is 246 g/mol. The number of nitrogens with zero attached hydrogens (tertiary/aromatic N) is 1. The molecule has 0 aliphatic rings. The Morgan fingerprint density at radius 3 is 2.85 bits per heavy atom. The van der Waals surface area contributed by atoms with Gasteiger partial charge in [0.15, 0.2) is 5.78 Å². The molecule has 0 bridgehead atoms. The number of allylic oxidation sites excluding steroid dienone is 4. The number of hydrogen-bond acceptors (Lipinski definition) is 2. The maximum atomic E-state index is 11.3. The first-order valence-electron chi connectivity index (χ1n) is 6.24. The van der Waals surface area contributed by atoms with E-state index in [0.29, 0.717) is 5.56 Å². The average Bonchev–Trinajstić information content (AvgIpc) is 2.43.